The van der Waals surface area contributed by atoms with Crippen LogP contribution < -0.4 is 5.32 Å². The van der Waals surface area contributed by atoms with Crippen molar-refractivity contribution in [1.29, 1.82) is 0 Å². The van der Waals surface area contributed by atoms with E-state index in [1.165, 1.54) is 0 Å². The van der Waals surface area contributed by atoms with Crippen molar-refractivity contribution in [3.05, 3.63) is 57.1 Å². The molecule has 0 aliphatic heterocycles. The number of halogens is 4. The number of hydrogen-bond donors (Lipinski definition) is 1. The minimum absolute atomic E-state index is 0.107. The van der Waals surface area contributed by atoms with Gasteiger partial charge >= 0.3 is 0 Å². The van der Waals surface area contributed by atoms with Crippen LogP contribution >= 0.6 is 83.7 Å². The number of carbonyl (C=O) groups excluding carboxylic acids is 1. The fraction of sp³-hybridized carbons (Fsp3) is 0. The molecule has 1 amide bonds. The Balaban J connectivity index is 2.32. The van der Waals surface area contributed by atoms with Crippen LogP contribution in [0.2, 0.25) is 0 Å². The van der Waals surface area contributed by atoms with E-state index in [1.54, 1.807) is 6.07 Å². The summed E-state index contributed by atoms with van der Waals surface area (Å²) in [6, 6.07) is 11.5. The van der Waals surface area contributed by atoms with Crippen molar-refractivity contribution < 1.29 is 4.79 Å². The van der Waals surface area contributed by atoms with E-state index < -0.39 is 0 Å². The van der Waals surface area contributed by atoms with Gasteiger partial charge in [0.15, 0.2) is 0 Å². The van der Waals surface area contributed by atoms with Crippen molar-refractivity contribution in [2.45, 2.75) is 0 Å². The molecule has 0 fully saturated rings. The minimum Gasteiger partial charge on any atom is -0.320 e. The zero-order valence-electron chi connectivity index (χ0n) is 9.38. The first-order valence-corrected chi connectivity index (χ1v) is 9.22. The third kappa shape index (κ3) is 4.03. The molecule has 2 rings (SSSR count). The number of carbonyl (C=O) groups is 1. The Morgan fingerprint density at radius 2 is 1.63 bits per heavy atom. The van der Waals surface area contributed by atoms with Gasteiger partial charge in [-0.3, -0.25) is 4.79 Å². The predicted molar refractivity (Wildman–Crippen MR) is 107 cm³/mol. The molecule has 0 radical (unpaired) electrons. The van der Waals surface area contributed by atoms with Gasteiger partial charge in [0.25, 0.3) is 5.91 Å². The lowest BCUT2D eigenvalue weighted by Gasteiger charge is -2.11. The Morgan fingerprint density at radius 3 is 2.21 bits per heavy atom. The number of rotatable bonds is 2. The van der Waals surface area contributed by atoms with Gasteiger partial charge < -0.3 is 5.32 Å². The lowest BCUT2D eigenvalue weighted by atomic mass is 10.2. The summed E-state index contributed by atoms with van der Waals surface area (Å²) >= 11 is 10.1. The van der Waals surface area contributed by atoms with Gasteiger partial charge in [-0.1, -0.05) is 12.1 Å². The lowest BCUT2D eigenvalue weighted by molar-refractivity contribution is 0.102. The van der Waals surface area contributed by atoms with Crippen molar-refractivity contribution in [3.63, 3.8) is 0 Å². The zero-order chi connectivity index (χ0) is 14.0. The summed E-state index contributed by atoms with van der Waals surface area (Å²) in [6.07, 6.45) is 0. The van der Waals surface area contributed by atoms with E-state index in [4.69, 9.17) is 0 Å². The molecule has 0 heterocycles. The van der Waals surface area contributed by atoms with Crippen LogP contribution in [0.25, 0.3) is 0 Å². The SMILES string of the molecule is O=C(Nc1c(I)cc(I)cc1I)c1ccccc1Br. The smallest absolute Gasteiger partial charge is 0.256 e. The van der Waals surface area contributed by atoms with Crippen LogP contribution in [0, 0.1) is 10.7 Å². The molecule has 0 bridgehead atoms. The van der Waals surface area contributed by atoms with Gasteiger partial charge in [-0.05, 0) is 108 Å². The molecule has 0 aliphatic rings. The summed E-state index contributed by atoms with van der Waals surface area (Å²) in [7, 11) is 0. The fourth-order valence-electron chi connectivity index (χ4n) is 1.49. The Labute approximate surface area is 160 Å². The second-order valence-corrected chi connectivity index (χ2v) is 8.10. The highest BCUT2D eigenvalue weighted by Gasteiger charge is 2.13. The Bertz CT molecular complexity index is 623. The van der Waals surface area contributed by atoms with E-state index in [2.05, 4.69) is 89.0 Å². The largest absolute Gasteiger partial charge is 0.320 e. The van der Waals surface area contributed by atoms with E-state index in [9.17, 15) is 4.79 Å². The van der Waals surface area contributed by atoms with Crippen LogP contribution in [-0.4, -0.2) is 5.91 Å². The van der Waals surface area contributed by atoms with E-state index in [1.807, 2.05) is 30.3 Å². The van der Waals surface area contributed by atoms with Crippen molar-refractivity contribution in [2.24, 2.45) is 0 Å². The van der Waals surface area contributed by atoms with Crippen LogP contribution in [0.5, 0.6) is 0 Å². The van der Waals surface area contributed by atoms with Crippen LogP contribution in [0.15, 0.2) is 40.9 Å². The van der Waals surface area contributed by atoms with E-state index in [0.717, 1.165) is 20.9 Å². The van der Waals surface area contributed by atoms with Gasteiger partial charge in [-0.2, -0.15) is 0 Å². The molecule has 1 N–H and O–H groups in total. The second-order valence-electron chi connectivity index (χ2n) is 3.68. The summed E-state index contributed by atoms with van der Waals surface area (Å²) in [5, 5.41) is 2.98. The average molecular weight is 654 g/mol. The molecule has 6 heteroatoms. The first kappa shape index (κ1) is 16.0. The maximum absolute atomic E-state index is 12.3. The van der Waals surface area contributed by atoms with Gasteiger partial charge in [-0.25, -0.2) is 0 Å². The summed E-state index contributed by atoms with van der Waals surface area (Å²) in [5.74, 6) is -0.107. The minimum atomic E-state index is -0.107. The molecule has 0 atom stereocenters. The number of anilines is 1. The number of nitrogens with one attached hydrogen (secondary N) is 1. The maximum atomic E-state index is 12.3. The molecular weight excluding hydrogens is 647 g/mol. The van der Waals surface area contributed by atoms with Crippen LogP contribution in [-0.2, 0) is 0 Å². The molecular formula is C13H7BrI3NO. The first-order chi connectivity index (χ1) is 8.99. The summed E-state index contributed by atoms with van der Waals surface area (Å²) < 4.78 is 4.02. The highest BCUT2D eigenvalue weighted by atomic mass is 127. The van der Waals surface area contributed by atoms with E-state index in [0.29, 0.717) is 5.56 Å². The van der Waals surface area contributed by atoms with E-state index in [-0.39, 0.29) is 5.91 Å². The highest BCUT2D eigenvalue weighted by molar-refractivity contribution is 14.1. The van der Waals surface area contributed by atoms with Gasteiger partial charge in [0.1, 0.15) is 0 Å². The first-order valence-electron chi connectivity index (χ1n) is 5.19. The van der Waals surface area contributed by atoms with Gasteiger partial charge in [0.2, 0.25) is 0 Å². The molecule has 98 valence electrons. The molecule has 0 spiro atoms. The summed E-state index contributed by atoms with van der Waals surface area (Å²) in [6.45, 7) is 0. The van der Waals surface area contributed by atoms with E-state index >= 15 is 0 Å². The average Bonchev–Trinajstić information content (AvgIpc) is 2.34. The van der Waals surface area contributed by atoms with Gasteiger partial charge in [0, 0.05) is 15.2 Å². The Kier molecular flexibility index (Phi) is 5.90. The predicted octanol–water partition coefficient (Wildman–Crippen LogP) is 5.52. The Hall–Kier alpha value is 0.580. The topological polar surface area (TPSA) is 29.1 Å². The molecule has 2 aromatic rings. The standard InChI is InChI=1S/C13H7BrI3NO/c14-9-4-2-1-3-8(9)13(19)18-12-10(16)5-7(15)6-11(12)17/h1-6H,(H,18,19). The lowest BCUT2D eigenvalue weighted by Crippen LogP contribution is -2.14. The quantitative estimate of drug-likeness (QED) is 0.426. The van der Waals surface area contributed by atoms with Crippen molar-refractivity contribution in [2.75, 3.05) is 5.32 Å². The monoisotopic (exact) mass is 653 g/mol. The third-order valence-electron chi connectivity index (χ3n) is 2.36. The van der Waals surface area contributed by atoms with Gasteiger partial charge in [-0.15, -0.1) is 0 Å². The van der Waals surface area contributed by atoms with Gasteiger partial charge in [0.05, 0.1) is 11.3 Å². The Morgan fingerprint density at radius 1 is 1.05 bits per heavy atom. The van der Waals surface area contributed by atoms with Crippen molar-refractivity contribution in [3.8, 4) is 0 Å². The number of benzene rings is 2. The number of amides is 1. The molecule has 0 aliphatic carbocycles. The van der Waals surface area contributed by atoms with Crippen molar-refractivity contribution >= 4 is 95.3 Å². The normalized spacial score (nSPS) is 10.3. The maximum Gasteiger partial charge on any atom is 0.256 e. The second kappa shape index (κ2) is 7.03. The van der Waals surface area contributed by atoms with Crippen LogP contribution in [0.1, 0.15) is 10.4 Å². The molecule has 2 nitrogen and oxygen atoms in total. The zero-order valence-corrected chi connectivity index (χ0v) is 17.4. The molecule has 2 aromatic carbocycles. The molecule has 0 saturated carbocycles. The highest BCUT2D eigenvalue weighted by Crippen LogP contribution is 2.28. The molecule has 19 heavy (non-hydrogen) atoms. The molecule has 0 aromatic heterocycles. The number of hydrogen-bond acceptors (Lipinski definition) is 1. The summed E-state index contributed by atoms with van der Waals surface area (Å²) in [5.41, 5.74) is 1.50. The fourth-order valence-corrected chi connectivity index (χ4v) is 5.81. The van der Waals surface area contributed by atoms with Crippen LogP contribution in [0.4, 0.5) is 5.69 Å². The third-order valence-corrected chi connectivity index (χ3v) is 5.38. The molecule has 0 unspecified atom stereocenters. The molecule has 0 saturated heterocycles. The summed E-state index contributed by atoms with van der Waals surface area (Å²) in [4.78, 5) is 12.3. The van der Waals surface area contributed by atoms with Crippen LogP contribution in [0.3, 0.4) is 0 Å². The van der Waals surface area contributed by atoms with Crippen molar-refractivity contribution in [1.82, 2.24) is 0 Å².